The fourth-order valence-corrected chi connectivity index (χ4v) is 2.65. The number of carbonyl (C=O) groups is 2. The smallest absolute Gasteiger partial charge is 0.330 e. The number of ether oxygens (including phenoxy) is 1. The van der Waals surface area contributed by atoms with Crippen LogP contribution in [0.4, 0.5) is 0 Å². The first kappa shape index (κ1) is 18.5. The molecular weight excluding hydrogens is 346 g/mol. The minimum atomic E-state index is -0.596. The Hall–Kier alpha value is -3.29. The number of carbonyl (C=O) groups excluding carboxylic acids is 2. The van der Waals surface area contributed by atoms with Crippen LogP contribution < -0.4 is 0 Å². The van der Waals surface area contributed by atoms with Crippen LogP contribution in [0.3, 0.4) is 0 Å². The summed E-state index contributed by atoms with van der Waals surface area (Å²) in [4.78, 5) is 25.4. The molecule has 0 amide bonds. The molecular formula is C19H21N5O3. The number of aromatic nitrogens is 5. The standard InChI is InChI=1S/C19H21N5O3/c1-12-5-7-15(8-6-12)19-20-22-24(21-19)10-18(26)27-11-17(25)16-9-13(2)23(4)14(16)3/h5-9H,10-11H2,1-4H3. The summed E-state index contributed by atoms with van der Waals surface area (Å²) in [5, 5.41) is 12.0. The maximum Gasteiger partial charge on any atom is 0.330 e. The molecule has 3 aromatic rings. The first-order chi connectivity index (χ1) is 12.8. The van der Waals surface area contributed by atoms with Crippen LogP contribution in [0.5, 0.6) is 0 Å². The van der Waals surface area contributed by atoms with Crippen molar-refractivity contribution >= 4 is 11.8 Å². The van der Waals surface area contributed by atoms with Crippen LogP contribution in [-0.4, -0.2) is 43.1 Å². The van der Waals surface area contributed by atoms with Gasteiger partial charge in [-0.15, -0.1) is 10.2 Å². The van der Waals surface area contributed by atoms with E-state index in [2.05, 4.69) is 15.4 Å². The number of ketones is 1. The monoisotopic (exact) mass is 367 g/mol. The molecule has 0 aliphatic carbocycles. The molecule has 27 heavy (non-hydrogen) atoms. The van der Waals surface area contributed by atoms with E-state index in [0.29, 0.717) is 11.4 Å². The third kappa shape index (κ3) is 4.11. The summed E-state index contributed by atoms with van der Waals surface area (Å²) in [6, 6.07) is 9.46. The van der Waals surface area contributed by atoms with Crippen LogP contribution in [0.15, 0.2) is 30.3 Å². The molecule has 2 heterocycles. The van der Waals surface area contributed by atoms with E-state index in [4.69, 9.17) is 4.74 Å². The Kier molecular flexibility index (Phi) is 5.16. The van der Waals surface area contributed by atoms with Gasteiger partial charge in [0.1, 0.15) is 0 Å². The van der Waals surface area contributed by atoms with Crippen LogP contribution in [0.25, 0.3) is 11.4 Å². The summed E-state index contributed by atoms with van der Waals surface area (Å²) >= 11 is 0. The van der Waals surface area contributed by atoms with Gasteiger partial charge in [0.2, 0.25) is 11.6 Å². The van der Waals surface area contributed by atoms with Crippen molar-refractivity contribution < 1.29 is 14.3 Å². The Bertz CT molecular complexity index is 985. The van der Waals surface area contributed by atoms with E-state index in [1.54, 1.807) is 6.07 Å². The first-order valence-electron chi connectivity index (χ1n) is 8.51. The van der Waals surface area contributed by atoms with Crippen molar-refractivity contribution in [1.82, 2.24) is 24.8 Å². The summed E-state index contributed by atoms with van der Waals surface area (Å²) in [7, 11) is 1.88. The molecule has 0 unspecified atom stereocenters. The van der Waals surface area contributed by atoms with Crippen molar-refractivity contribution in [3.8, 4) is 11.4 Å². The van der Waals surface area contributed by atoms with E-state index in [1.165, 1.54) is 0 Å². The Labute approximate surface area is 156 Å². The van der Waals surface area contributed by atoms with E-state index in [-0.39, 0.29) is 18.9 Å². The minimum Gasteiger partial charge on any atom is -0.456 e. The van der Waals surface area contributed by atoms with Gasteiger partial charge in [-0.2, -0.15) is 4.80 Å². The van der Waals surface area contributed by atoms with Crippen LogP contribution >= 0.6 is 0 Å². The highest BCUT2D eigenvalue weighted by molar-refractivity contribution is 5.99. The Balaban J connectivity index is 1.57. The van der Waals surface area contributed by atoms with E-state index < -0.39 is 5.97 Å². The lowest BCUT2D eigenvalue weighted by Crippen LogP contribution is -2.20. The third-order valence-corrected chi connectivity index (χ3v) is 4.47. The second kappa shape index (κ2) is 7.53. The molecule has 3 rings (SSSR count). The number of rotatable bonds is 6. The van der Waals surface area contributed by atoms with Crippen LogP contribution in [0.1, 0.15) is 27.3 Å². The zero-order chi connectivity index (χ0) is 19.6. The largest absolute Gasteiger partial charge is 0.456 e. The minimum absolute atomic E-state index is 0.209. The molecule has 0 aliphatic heterocycles. The van der Waals surface area contributed by atoms with E-state index in [1.807, 2.05) is 56.7 Å². The van der Waals surface area contributed by atoms with Crippen molar-refractivity contribution in [1.29, 1.82) is 0 Å². The number of esters is 1. The highest BCUT2D eigenvalue weighted by Gasteiger charge is 2.17. The molecule has 0 fully saturated rings. The maximum absolute atomic E-state index is 12.3. The molecule has 1 aromatic carbocycles. The lowest BCUT2D eigenvalue weighted by atomic mass is 10.1. The fraction of sp³-hybridized carbons (Fsp3) is 0.316. The van der Waals surface area contributed by atoms with Gasteiger partial charge in [-0.3, -0.25) is 4.79 Å². The highest BCUT2D eigenvalue weighted by Crippen LogP contribution is 2.15. The average Bonchev–Trinajstić information content (AvgIpc) is 3.20. The second-order valence-electron chi connectivity index (χ2n) is 6.44. The SMILES string of the molecule is Cc1ccc(-c2nnn(CC(=O)OCC(=O)c3cc(C)n(C)c3C)n2)cc1. The predicted octanol–water partition coefficient (Wildman–Crippen LogP) is 2.03. The molecule has 0 spiro atoms. The van der Waals surface area contributed by atoms with Crippen LogP contribution in [-0.2, 0) is 23.1 Å². The Morgan fingerprint density at radius 2 is 1.81 bits per heavy atom. The van der Waals surface area contributed by atoms with E-state index in [0.717, 1.165) is 27.3 Å². The molecule has 0 aliphatic rings. The number of hydrogen-bond acceptors (Lipinski definition) is 6. The zero-order valence-electron chi connectivity index (χ0n) is 15.8. The van der Waals surface area contributed by atoms with E-state index >= 15 is 0 Å². The van der Waals surface area contributed by atoms with Gasteiger partial charge in [-0.1, -0.05) is 29.8 Å². The van der Waals surface area contributed by atoms with E-state index in [9.17, 15) is 9.59 Å². The quantitative estimate of drug-likeness (QED) is 0.489. The third-order valence-electron chi connectivity index (χ3n) is 4.47. The molecule has 140 valence electrons. The van der Waals surface area contributed by atoms with Crippen molar-refractivity contribution in [2.45, 2.75) is 27.3 Å². The number of tetrazole rings is 1. The number of Topliss-reactive ketones (excluding diaryl/α,β-unsaturated/α-hetero) is 1. The molecule has 8 nitrogen and oxygen atoms in total. The van der Waals surface area contributed by atoms with Crippen LogP contribution in [0.2, 0.25) is 0 Å². The van der Waals surface area contributed by atoms with Gasteiger partial charge in [-0.25, -0.2) is 4.79 Å². The Morgan fingerprint density at radius 3 is 2.44 bits per heavy atom. The summed E-state index contributed by atoms with van der Waals surface area (Å²) in [6.07, 6.45) is 0. The zero-order valence-corrected chi connectivity index (χ0v) is 15.8. The molecule has 2 aromatic heterocycles. The molecule has 0 saturated carbocycles. The van der Waals surface area contributed by atoms with Gasteiger partial charge in [0.05, 0.1) is 0 Å². The summed E-state index contributed by atoms with van der Waals surface area (Å²) in [5.41, 5.74) is 4.31. The second-order valence-corrected chi connectivity index (χ2v) is 6.44. The molecule has 0 bridgehead atoms. The molecule has 8 heteroatoms. The fourth-order valence-electron chi connectivity index (χ4n) is 2.65. The lowest BCUT2D eigenvalue weighted by Gasteiger charge is -2.04. The average molecular weight is 367 g/mol. The summed E-state index contributed by atoms with van der Waals surface area (Å²) in [6.45, 7) is 5.23. The van der Waals surface area contributed by atoms with Crippen molar-refractivity contribution in [2.24, 2.45) is 7.05 Å². The normalized spacial score (nSPS) is 10.8. The number of hydrogen-bond donors (Lipinski definition) is 0. The predicted molar refractivity (Wildman–Crippen MR) is 98.2 cm³/mol. The van der Waals surface area contributed by atoms with Gasteiger partial charge >= 0.3 is 5.97 Å². The molecule has 0 radical (unpaired) electrons. The highest BCUT2D eigenvalue weighted by atomic mass is 16.5. The Morgan fingerprint density at radius 1 is 1.11 bits per heavy atom. The molecule has 0 atom stereocenters. The lowest BCUT2D eigenvalue weighted by molar-refractivity contribution is -0.143. The summed E-state index contributed by atoms with van der Waals surface area (Å²) in [5.74, 6) is -0.410. The van der Waals surface area contributed by atoms with Gasteiger partial charge in [0.25, 0.3) is 0 Å². The van der Waals surface area contributed by atoms with Crippen molar-refractivity contribution in [3.05, 3.63) is 52.8 Å². The van der Waals surface area contributed by atoms with Crippen LogP contribution in [0, 0.1) is 20.8 Å². The number of benzene rings is 1. The van der Waals surface area contributed by atoms with Gasteiger partial charge in [0.15, 0.2) is 13.2 Å². The van der Waals surface area contributed by atoms with Gasteiger partial charge < -0.3 is 9.30 Å². The van der Waals surface area contributed by atoms with Gasteiger partial charge in [-0.05, 0) is 32.1 Å². The first-order valence-corrected chi connectivity index (χ1v) is 8.51. The topological polar surface area (TPSA) is 91.9 Å². The summed E-state index contributed by atoms with van der Waals surface area (Å²) < 4.78 is 6.99. The molecule has 0 saturated heterocycles. The van der Waals surface area contributed by atoms with Crippen molar-refractivity contribution in [2.75, 3.05) is 6.61 Å². The maximum atomic E-state index is 12.3. The molecule has 0 N–H and O–H groups in total. The van der Waals surface area contributed by atoms with Crippen molar-refractivity contribution in [3.63, 3.8) is 0 Å². The van der Waals surface area contributed by atoms with Gasteiger partial charge in [0, 0.05) is 29.6 Å². The number of aryl methyl sites for hydroxylation is 2. The number of nitrogens with zero attached hydrogens (tertiary/aromatic N) is 5.